The second-order valence-corrected chi connectivity index (χ2v) is 8.20. The summed E-state index contributed by atoms with van der Waals surface area (Å²) in [7, 11) is 0. The first-order chi connectivity index (χ1) is 10.9. The van der Waals surface area contributed by atoms with Gasteiger partial charge in [-0.3, -0.25) is 10.1 Å². The normalized spacial score (nSPS) is 10.8. The Hall–Kier alpha value is -1.69. The summed E-state index contributed by atoms with van der Waals surface area (Å²) in [6.07, 6.45) is 0. The maximum atomic E-state index is 12.2. The van der Waals surface area contributed by atoms with Gasteiger partial charge in [0.25, 0.3) is 5.91 Å². The number of rotatable bonds is 3. The van der Waals surface area contributed by atoms with Gasteiger partial charge in [-0.25, -0.2) is 4.98 Å². The van der Waals surface area contributed by atoms with E-state index in [-0.39, 0.29) is 5.91 Å². The highest BCUT2D eigenvalue weighted by Crippen LogP contribution is 2.32. The van der Waals surface area contributed by atoms with Crippen LogP contribution < -0.4 is 5.32 Å². The molecule has 3 rings (SSSR count). The SMILES string of the molecule is Cc1ccc(-c2nc(NC(=O)c3ccc(Cl)s3)sc2C)cc1C. The van der Waals surface area contributed by atoms with Crippen LogP contribution in [0.25, 0.3) is 11.3 Å². The number of hydrogen-bond donors (Lipinski definition) is 1. The van der Waals surface area contributed by atoms with Crippen molar-refractivity contribution in [1.29, 1.82) is 0 Å². The monoisotopic (exact) mass is 362 g/mol. The van der Waals surface area contributed by atoms with E-state index in [1.807, 2.05) is 6.92 Å². The Balaban J connectivity index is 1.86. The minimum Gasteiger partial charge on any atom is -0.297 e. The molecule has 23 heavy (non-hydrogen) atoms. The van der Waals surface area contributed by atoms with Crippen LogP contribution >= 0.6 is 34.3 Å². The first-order valence-electron chi connectivity index (χ1n) is 7.06. The van der Waals surface area contributed by atoms with E-state index in [1.165, 1.54) is 33.8 Å². The molecule has 0 saturated carbocycles. The molecule has 2 heterocycles. The number of thiazole rings is 1. The molecular weight excluding hydrogens is 348 g/mol. The molecule has 1 amide bonds. The van der Waals surface area contributed by atoms with Crippen LogP contribution in [0.5, 0.6) is 0 Å². The molecule has 0 aliphatic carbocycles. The lowest BCUT2D eigenvalue weighted by atomic mass is 10.0. The van der Waals surface area contributed by atoms with Crippen molar-refractivity contribution in [3.05, 3.63) is 55.5 Å². The molecule has 0 aliphatic rings. The van der Waals surface area contributed by atoms with Crippen molar-refractivity contribution in [3.8, 4) is 11.3 Å². The van der Waals surface area contributed by atoms with Gasteiger partial charge in [0.15, 0.2) is 5.13 Å². The summed E-state index contributed by atoms with van der Waals surface area (Å²) in [6.45, 7) is 6.19. The van der Waals surface area contributed by atoms with Gasteiger partial charge in [0.2, 0.25) is 0 Å². The Morgan fingerprint density at radius 2 is 1.87 bits per heavy atom. The molecule has 118 valence electrons. The average Bonchev–Trinajstić information content (AvgIpc) is 3.08. The molecule has 0 aliphatic heterocycles. The molecule has 3 aromatic rings. The average molecular weight is 363 g/mol. The van der Waals surface area contributed by atoms with Crippen LogP contribution in [0.3, 0.4) is 0 Å². The molecule has 0 unspecified atom stereocenters. The Kier molecular flexibility index (Phi) is 4.53. The lowest BCUT2D eigenvalue weighted by molar-refractivity contribution is 0.103. The number of carbonyl (C=O) groups is 1. The van der Waals surface area contributed by atoms with Crippen LogP contribution in [-0.2, 0) is 0 Å². The highest BCUT2D eigenvalue weighted by Gasteiger charge is 2.14. The van der Waals surface area contributed by atoms with Crippen LogP contribution in [0.2, 0.25) is 4.34 Å². The van der Waals surface area contributed by atoms with Crippen molar-refractivity contribution >= 4 is 45.3 Å². The van der Waals surface area contributed by atoms with E-state index < -0.39 is 0 Å². The smallest absolute Gasteiger partial charge is 0.267 e. The van der Waals surface area contributed by atoms with Crippen molar-refractivity contribution in [1.82, 2.24) is 4.98 Å². The zero-order chi connectivity index (χ0) is 16.6. The molecule has 0 bridgehead atoms. The summed E-state index contributed by atoms with van der Waals surface area (Å²) >= 11 is 8.60. The molecule has 0 spiro atoms. The second-order valence-electron chi connectivity index (χ2n) is 5.28. The number of aryl methyl sites for hydroxylation is 3. The zero-order valence-electron chi connectivity index (χ0n) is 12.9. The standard InChI is InChI=1S/C17H15ClN2OS2/c1-9-4-5-12(8-10(9)2)15-11(3)22-17(19-15)20-16(21)13-6-7-14(18)23-13/h4-8H,1-3H3,(H,19,20,21). The summed E-state index contributed by atoms with van der Waals surface area (Å²) < 4.78 is 0.598. The fourth-order valence-corrected chi connectivity index (χ4v) is 3.97. The number of benzene rings is 1. The van der Waals surface area contributed by atoms with Gasteiger partial charge in [-0.1, -0.05) is 23.7 Å². The maximum absolute atomic E-state index is 12.2. The van der Waals surface area contributed by atoms with Crippen molar-refractivity contribution in [2.24, 2.45) is 0 Å². The third kappa shape index (κ3) is 3.47. The third-order valence-electron chi connectivity index (χ3n) is 3.59. The molecule has 1 aromatic carbocycles. The van der Waals surface area contributed by atoms with Crippen LogP contribution in [0.15, 0.2) is 30.3 Å². The topological polar surface area (TPSA) is 42.0 Å². The van der Waals surface area contributed by atoms with Gasteiger partial charge >= 0.3 is 0 Å². The van der Waals surface area contributed by atoms with E-state index in [0.29, 0.717) is 14.3 Å². The number of halogens is 1. The van der Waals surface area contributed by atoms with Gasteiger partial charge in [-0.2, -0.15) is 0 Å². The summed E-state index contributed by atoms with van der Waals surface area (Å²) in [5.74, 6) is -0.178. The first kappa shape index (κ1) is 16.2. The predicted octanol–water partition coefficient (Wildman–Crippen LogP) is 5.70. The minimum absolute atomic E-state index is 0.178. The van der Waals surface area contributed by atoms with Gasteiger partial charge in [0.05, 0.1) is 14.9 Å². The molecule has 0 saturated heterocycles. The summed E-state index contributed by atoms with van der Waals surface area (Å²) in [5, 5.41) is 3.45. The van der Waals surface area contributed by atoms with Gasteiger partial charge in [0, 0.05) is 10.4 Å². The van der Waals surface area contributed by atoms with Crippen LogP contribution in [0.4, 0.5) is 5.13 Å². The molecular formula is C17H15ClN2OS2. The van der Waals surface area contributed by atoms with Gasteiger partial charge in [0.1, 0.15) is 0 Å². The zero-order valence-corrected chi connectivity index (χ0v) is 15.3. The lowest BCUT2D eigenvalue weighted by Gasteiger charge is -2.03. The number of nitrogens with zero attached hydrogens (tertiary/aromatic N) is 1. The van der Waals surface area contributed by atoms with Gasteiger partial charge in [-0.15, -0.1) is 22.7 Å². The van der Waals surface area contributed by atoms with E-state index in [9.17, 15) is 4.79 Å². The number of carbonyl (C=O) groups excluding carboxylic acids is 1. The minimum atomic E-state index is -0.178. The van der Waals surface area contributed by atoms with E-state index in [4.69, 9.17) is 11.6 Å². The van der Waals surface area contributed by atoms with Gasteiger partial charge < -0.3 is 0 Å². The molecule has 3 nitrogen and oxygen atoms in total. The fourth-order valence-electron chi connectivity index (χ4n) is 2.20. The molecule has 6 heteroatoms. The van der Waals surface area contributed by atoms with Crippen molar-refractivity contribution in [2.75, 3.05) is 5.32 Å². The van der Waals surface area contributed by atoms with Crippen LogP contribution in [-0.4, -0.2) is 10.9 Å². The Morgan fingerprint density at radius 1 is 1.09 bits per heavy atom. The van der Waals surface area contributed by atoms with Crippen molar-refractivity contribution < 1.29 is 4.79 Å². The number of anilines is 1. The van der Waals surface area contributed by atoms with Gasteiger partial charge in [-0.05, 0) is 50.1 Å². The number of aromatic nitrogens is 1. The fraction of sp³-hybridized carbons (Fsp3) is 0.176. The van der Waals surface area contributed by atoms with E-state index in [1.54, 1.807) is 12.1 Å². The van der Waals surface area contributed by atoms with E-state index in [2.05, 4.69) is 42.3 Å². The Morgan fingerprint density at radius 3 is 2.52 bits per heavy atom. The van der Waals surface area contributed by atoms with E-state index in [0.717, 1.165) is 16.1 Å². The lowest BCUT2D eigenvalue weighted by Crippen LogP contribution is -2.09. The molecule has 2 aromatic heterocycles. The molecule has 0 atom stereocenters. The van der Waals surface area contributed by atoms with E-state index >= 15 is 0 Å². The molecule has 0 fully saturated rings. The third-order valence-corrected chi connectivity index (χ3v) is 5.71. The van der Waals surface area contributed by atoms with Crippen LogP contribution in [0, 0.1) is 20.8 Å². The Bertz CT molecular complexity index is 883. The van der Waals surface area contributed by atoms with Crippen molar-refractivity contribution in [2.45, 2.75) is 20.8 Å². The predicted molar refractivity (Wildman–Crippen MR) is 99.0 cm³/mol. The van der Waals surface area contributed by atoms with Crippen molar-refractivity contribution in [3.63, 3.8) is 0 Å². The molecule has 1 N–H and O–H groups in total. The number of hydrogen-bond acceptors (Lipinski definition) is 4. The highest BCUT2D eigenvalue weighted by molar-refractivity contribution is 7.18. The highest BCUT2D eigenvalue weighted by atomic mass is 35.5. The largest absolute Gasteiger partial charge is 0.297 e. The maximum Gasteiger partial charge on any atom is 0.267 e. The quantitative estimate of drug-likeness (QED) is 0.649. The molecule has 0 radical (unpaired) electrons. The summed E-state index contributed by atoms with van der Waals surface area (Å²) in [5.41, 5.74) is 4.47. The first-order valence-corrected chi connectivity index (χ1v) is 9.07. The Labute approximate surface area is 148 Å². The summed E-state index contributed by atoms with van der Waals surface area (Å²) in [4.78, 5) is 18.4. The number of thiophene rings is 1. The second kappa shape index (κ2) is 6.43. The number of nitrogens with one attached hydrogen (secondary N) is 1. The number of amides is 1. The van der Waals surface area contributed by atoms with Crippen LogP contribution in [0.1, 0.15) is 25.7 Å². The summed E-state index contributed by atoms with van der Waals surface area (Å²) in [6, 6.07) is 9.72.